The van der Waals surface area contributed by atoms with Gasteiger partial charge in [0.1, 0.15) is 0 Å². The highest BCUT2D eigenvalue weighted by molar-refractivity contribution is 5.94. The Bertz CT molecular complexity index is 589. The molecule has 1 saturated carbocycles. The van der Waals surface area contributed by atoms with E-state index in [1.165, 1.54) is 6.07 Å². The molecular weight excluding hydrogens is 268 g/mol. The van der Waals surface area contributed by atoms with Gasteiger partial charge in [-0.15, -0.1) is 0 Å². The van der Waals surface area contributed by atoms with Crippen LogP contribution in [0.5, 0.6) is 0 Å². The number of carbonyl (C=O) groups is 2. The van der Waals surface area contributed by atoms with Crippen molar-refractivity contribution in [2.45, 2.75) is 46.1 Å². The molecule has 1 aliphatic carbocycles. The molecular formula is C16H22N2O3. The molecule has 5 heteroatoms. The van der Waals surface area contributed by atoms with E-state index in [0.717, 1.165) is 18.4 Å². The van der Waals surface area contributed by atoms with Crippen LogP contribution in [0, 0.1) is 19.8 Å². The number of hydrogen-bond donors (Lipinski definition) is 3. The van der Waals surface area contributed by atoms with Gasteiger partial charge in [-0.05, 0) is 69.7 Å². The summed E-state index contributed by atoms with van der Waals surface area (Å²) in [6.45, 7) is 7.61. The predicted octanol–water partition coefficient (Wildman–Crippen LogP) is 3.31. The van der Waals surface area contributed by atoms with E-state index >= 15 is 0 Å². The number of benzene rings is 1. The van der Waals surface area contributed by atoms with E-state index in [1.807, 2.05) is 20.8 Å². The summed E-state index contributed by atoms with van der Waals surface area (Å²) in [5.74, 6) is -0.462. The summed E-state index contributed by atoms with van der Waals surface area (Å²) in [5, 5.41) is 14.9. The third-order valence-corrected chi connectivity index (χ3v) is 4.19. The Labute approximate surface area is 124 Å². The maximum atomic E-state index is 12.1. The van der Waals surface area contributed by atoms with Crippen molar-refractivity contribution in [1.29, 1.82) is 0 Å². The summed E-state index contributed by atoms with van der Waals surface area (Å²) < 4.78 is 0. The minimum absolute atomic E-state index is 0.215. The van der Waals surface area contributed by atoms with Crippen molar-refractivity contribution in [3.63, 3.8) is 0 Å². The summed E-state index contributed by atoms with van der Waals surface area (Å²) in [6.07, 6.45) is 2.28. The average molecular weight is 290 g/mol. The van der Waals surface area contributed by atoms with E-state index < -0.39 is 5.97 Å². The molecule has 0 radical (unpaired) electrons. The Hall–Kier alpha value is -2.04. The van der Waals surface area contributed by atoms with Gasteiger partial charge in [0, 0.05) is 11.2 Å². The molecule has 1 aliphatic rings. The SMILES string of the molecule is Cc1cc(NC(=O)NC(C)(C)C2CC2)cc(C(=O)O)c1C. The summed E-state index contributed by atoms with van der Waals surface area (Å²) in [7, 11) is 0. The lowest BCUT2D eigenvalue weighted by Gasteiger charge is -2.26. The Morgan fingerprint density at radius 2 is 1.86 bits per heavy atom. The standard InChI is InChI=1S/C16H22N2O3/c1-9-7-12(8-13(10(9)2)14(19)20)17-15(21)18-16(3,4)11-5-6-11/h7-8,11H,5-6H2,1-4H3,(H,19,20)(H2,17,18,21). The minimum Gasteiger partial charge on any atom is -0.478 e. The van der Waals surface area contributed by atoms with Crippen LogP contribution in [0.3, 0.4) is 0 Å². The van der Waals surface area contributed by atoms with Crippen LogP contribution in [0.1, 0.15) is 48.2 Å². The Kier molecular flexibility index (Phi) is 3.94. The number of aryl methyl sites for hydroxylation is 1. The Balaban J connectivity index is 2.12. The van der Waals surface area contributed by atoms with Crippen LogP contribution in [0.15, 0.2) is 12.1 Å². The minimum atomic E-state index is -0.988. The number of aromatic carboxylic acids is 1. The van der Waals surface area contributed by atoms with E-state index in [2.05, 4.69) is 10.6 Å². The first-order valence-corrected chi connectivity index (χ1v) is 7.14. The van der Waals surface area contributed by atoms with Gasteiger partial charge in [0.25, 0.3) is 0 Å². The lowest BCUT2D eigenvalue weighted by Crippen LogP contribution is -2.47. The number of carboxylic acid groups (broad SMARTS) is 1. The van der Waals surface area contributed by atoms with Crippen LogP contribution in [0.2, 0.25) is 0 Å². The molecule has 1 aromatic rings. The van der Waals surface area contributed by atoms with Crippen LogP contribution in [-0.2, 0) is 0 Å². The first-order valence-electron chi connectivity index (χ1n) is 7.14. The number of hydrogen-bond acceptors (Lipinski definition) is 2. The molecule has 0 spiro atoms. The fourth-order valence-electron chi connectivity index (χ4n) is 2.52. The van der Waals surface area contributed by atoms with Crippen LogP contribution in [0.25, 0.3) is 0 Å². The highest BCUT2D eigenvalue weighted by atomic mass is 16.4. The maximum absolute atomic E-state index is 12.1. The maximum Gasteiger partial charge on any atom is 0.336 e. The molecule has 0 unspecified atom stereocenters. The second kappa shape index (κ2) is 5.39. The van der Waals surface area contributed by atoms with Gasteiger partial charge in [-0.1, -0.05) is 0 Å². The molecule has 2 rings (SSSR count). The molecule has 1 aromatic carbocycles. The average Bonchev–Trinajstić information content (AvgIpc) is 3.16. The normalized spacial score (nSPS) is 14.7. The second-order valence-corrected chi connectivity index (χ2v) is 6.35. The topological polar surface area (TPSA) is 78.4 Å². The molecule has 0 atom stereocenters. The predicted molar refractivity (Wildman–Crippen MR) is 81.8 cm³/mol. The Morgan fingerprint density at radius 1 is 1.24 bits per heavy atom. The molecule has 114 valence electrons. The number of urea groups is 1. The first kappa shape index (κ1) is 15.4. The number of anilines is 1. The lowest BCUT2D eigenvalue weighted by atomic mass is 9.99. The molecule has 21 heavy (non-hydrogen) atoms. The highest BCUT2D eigenvalue weighted by Gasteiger charge is 2.38. The van der Waals surface area contributed by atoms with Crippen molar-refractivity contribution < 1.29 is 14.7 Å². The third-order valence-electron chi connectivity index (χ3n) is 4.19. The van der Waals surface area contributed by atoms with Crippen molar-refractivity contribution in [3.8, 4) is 0 Å². The fourth-order valence-corrected chi connectivity index (χ4v) is 2.52. The molecule has 0 aliphatic heterocycles. The number of rotatable bonds is 4. The van der Waals surface area contributed by atoms with Gasteiger partial charge < -0.3 is 15.7 Å². The zero-order chi connectivity index (χ0) is 15.8. The van der Waals surface area contributed by atoms with Gasteiger partial charge in [0.15, 0.2) is 0 Å². The van der Waals surface area contributed by atoms with E-state index in [4.69, 9.17) is 0 Å². The number of carbonyl (C=O) groups excluding carboxylic acids is 1. The van der Waals surface area contributed by atoms with Gasteiger partial charge in [-0.25, -0.2) is 9.59 Å². The van der Waals surface area contributed by atoms with Crippen LogP contribution in [0.4, 0.5) is 10.5 Å². The molecule has 3 N–H and O–H groups in total. The molecule has 1 fully saturated rings. The van der Waals surface area contributed by atoms with Crippen LogP contribution < -0.4 is 10.6 Å². The second-order valence-electron chi connectivity index (χ2n) is 6.35. The van der Waals surface area contributed by atoms with Gasteiger partial charge in [-0.3, -0.25) is 0 Å². The van der Waals surface area contributed by atoms with Crippen molar-refractivity contribution in [2.75, 3.05) is 5.32 Å². The molecule has 0 saturated heterocycles. The molecule has 2 amide bonds. The van der Waals surface area contributed by atoms with E-state index in [0.29, 0.717) is 17.2 Å². The van der Waals surface area contributed by atoms with Crippen LogP contribution >= 0.6 is 0 Å². The monoisotopic (exact) mass is 290 g/mol. The van der Waals surface area contributed by atoms with E-state index in [-0.39, 0.29) is 17.1 Å². The van der Waals surface area contributed by atoms with Crippen molar-refractivity contribution in [2.24, 2.45) is 5.92 Å². The number of nitrogens with one attached hydrogen (secondary N) is 2. The summed E-state index contributed by atoms with van der Waals surface area (Å²) in [6, 6.07) is 2.98. The summed E-state index contributed by atoms with van der Waals surface area (Å²) >= 11 is 0. The quantitative estimate of drug-likeness (QED) is 0.796. The molecule has 5 nitrogen and oxygen atoms in total. The zero-order valence-electron chi connectivity index (χ0n) is 12.9. The largest absolute Gasteiger partial charge is 0.478 e. The molecule has 0 aromatic heterocycles. The Morgan fingerprint density at radius 3 is 2.38 bits per heavy atom. The zero-order valence-corrected chi connectivity index (χ0v) is 12.9. The van der Waals surface area contributed by atoms with Crippen molar-refractivity contribution in [1.82, 2.24) is 5.32 Å². The van der Waals surface area contributed by atoms with Gasteiger partial charge in [-0.2, -0.15) is 0 Å². The van der Waals surface area contributed by atoms with Crippen molar-refractivity contribution >= 4 is 17.7 Å². The van der Waals surface area contributed by atoms with Gasteiger partial charge >= 0.3 is 12.0 Å². The van der Waals surface area contributed by atoms with E-state index in [9.17, 15) is 14.7 Å². The van der Waals surface area contributed by atoms with E-state index in [1.54, 1.807) is 13.0 Å². The summed E-state index contributed by atoms with van der Waals surface area (Å²) in [4.78, 5) is 23.3. The van der Waals surface area contributed by atoms with Gasteiger partial charge in [0.05, 0.1) is 5.56 Å². The third kappa shape index (κ3) is 3.54. The highest BCUT2D eigenvalue weighted by Crippen LogP contribution is 2.39. The first-order chi connectivity index (χ1) is 9.70. The molecule has 0 bridgehead atoms. The molecule has 0 heterocycles. The smallest absolute Gasteiger partial charge is 0.336 e. The van der Waals surface area contributed by atoms with Crippen molar-refractivity contribution in [3.05, 3.63) is 28.8 Å². The number of carboxylic acids is 1. The lowest BCUT2D eigenvalue weighted by molar-refractivity contribution is 0.0696. The van der Waals surface area contributed by atoms with Gasteiger partial charge in [0.2, 0.25) is 0 Å². The fraction of sp³-hybridized carbons (Fsp3) is 0.500. The number of amides is 2. The summed E-state index contributed by atoms with van der Waals surface area (Å²) in [5.41, 5.74) is 2.03. The van der Waals surface area contributed by atoms with Crippen LogP contribution in [-0.4, -0.2) is 22.6 Å².